The Hall–Kier alpha value is -1.70. The number of hydrogen-bond acceptors (Lipinski definition) is 5. The van der Waals surface area contributed by atoms with E-state index in [2.05, 4.69) is 10.00 Å². The van der Waals surface area contributed by atoms with Gasteiger partial charge in [0.2, 0.25) is 11.8 Å². The van der Waals surface area contributed by atoms with Crippen LogP contribution in [0.4, 0.5) is 0 Å². The minimum Gasteiger partial charge on any atom is -0.409 e. The number of nitrogens with zero attached hydrogens (tertiary/aromatic N) is 3. The zero-order valence-corrected chi connectivity index (χ0v) is 14.0. The second-order valence-corrected chi connectivity index (χ2v) is 6.40. The lowest BCUT2D eigenvalue weighted by atomic mass is 9.97. The molecule has 2 aromatic rings. The van der Waals surface area contributed by atoms with Crippen LogP contribution in [0.25, 0.3) is 11.5 Å². The Morgan fingerprint density at radius 3 is 2.61 bits per heavy atom. The fraction of sp³-hybridized carbons (Fsp3) is 0.400. The van der Waals surface area contributed by atoms with Gasteiger partial charge in [0.25, 0.3) is 4.84 Å². The molecule has 3 rings (SSSR count). The molecule has 0 saturated carbocycles. The van der Waals surface area contributed by atoms with Crippen LogP contribution in [0, 0.1) is 10.8 Å². The van der Waals surface area contributed by atoms with E-state index >= 15 is 0 Å². The number of piperidine rings is 1. The zero-order valence-electron chi connectivity index (χ0n) is 12.4. The molecule has 1 aliphatic heterocycles. The first-order valence-electron chi connectivity index (χ1n) is 7.38. The van der Waals surface area contributed by atoms with Crippen LogP contribution in [0.2, 0.25) is 5.02 Å². The fourth-order valence-electron chi connectivity index (χ4n) is 2.65. The van der Waals surface area contributed by atoms with Crippen LogP contribution in [-0.4, -0.2) is 33.7 Å². The van der Waals surface area contributed by atoms with Gasteiger partial charge in [-0.2, -0.15) is 0 Å². The van der Waals surface area contributed by atoms with E-state index in [4.69, 9.17) is 34.0 Å². The van der Waals surface area contributed by atoms with Gasteiger partial charge in [0, 0.05) is 29.6 Å². The van der Waals surface area contributed by atoms with Gasteiger partial charge >= 0.3 is 0 Å². The number of halogens is 1. The quantitative estimate of drug-likeness (QED) is 0.856. The molecule has 1 fully saturated rings. The number of primary amides is 1. The molecule has 2 heterocycles. The molecule has 2 N–H and O–H groups in total. The summed E-state index contributed by atoms with van der Waals surface area (Å²) in [5, 5.41) is 5.08. The van der Waals surface area contributed by atoms with Crippen LogP contribution in [0.5, 0.6) is 0 Å². The highest BCUT2D eigenvalue weighted by molar-refractivity contribution is 7.71. The first-order valence-corrected chi connectivity index (χ1v) is 8.17. The summed E-state index contributed by atoms with van der Waals surface area (Å²) in [5.41, 5.74) is 6.18. The van der Waals surface area contributed by atoms with E-state index in [0.717, 1.165) is 31.5 Å². The smallest absolute Gasteiger partial charge is 0.288 e. The summed E-state index contributed by atoms with van der Waals surface area (Å²) in [6.07, 6.45) is 1.54. The summed E-state index contributed by atoms with van der Waals surface area (Å²) in [4.78, 5) is 13.7. The highest BCUT2D eigenvalue weighted by atomic mass is 35.5. The third-order valence-electron chi connectivity index (χ3n) is 4.02. The van der Waals surface area contributed by atoms with E-state index in [1.807, 2.05) is 12.1 Å². The maximum absolute atomic E-state index is 11.2. The van der Waals surface area contributed by atoms with Gasteiger partial charge in [-0.25, -0.2) is 4.68 Å². The van der Waals surface area contributed by atoms with E-state index in [1.165, 1.54) is 0 Å². The summed E-state index contributed by atoms with van der Waals surface area (Å²) in [6, 6.07) is 7.24. The van der Waals surface area contributed by atoms with Gasteiger partial charge < -0.3 is 10.2 Å². The van der Waals surface area contributed by atoms with Crippen molar-refractivity contribution in [2.45, 2.75) is 19.5 Å². The van der Waals surface area contributed by atoms with E-state index < -0.39 is 0 Å². The summed E-state index contributed by atoms with van der Waals surface area (Å²) in [7, 11) is 0. The molecule has 0 bridgehead atoms. The summed E-state index contributed by atoms with van der Waals surface area (Å²) in [6.45, 7) is 2.12. The molecule has 0 radical (unpaired) electrons. The molecule has 1 amide bonds. The molecular weight excluding hydrogens is 336 g/mol. The van der Waals surface area contributed by atoms with Crippen molar-refractivity contribution < 1.29 is 9.21 Å². The van der Waals surface area contributed by atoms with Gasteiger partial charge in [-0.15, -0.1) is 5.10 Å². The van der Waals surface area contributed by atoms with Crippen LogP contribution < -0.4 is 5.73 Å². The van der Waals surface area contributed by atoms with Crippen molar-refractivity contribution in [3.63, 3.8) is 0 Å². The number of benzene rings is 1. The first-order chi connectivity index (χ1) is 11.0. The average Bonchev–Trinajstić information content (AvgIpc) is 2.89. The number of rotatable bonds is 4. The summed E-state index contributed by atoms with van der Waals surface area (Å²) >= 11 is 11.1. The number of aromatic nitrogens is 2. The number of hydrogen-bond donors (Lipinski definition) is 1. The van der Waals surface area contributed by atoms with Crippen molar-refractivity contribution in [1.82, 2.24) is 14.7 Å². The van der Waals surface area contributed by atoms with E-state index in [0.29, 0.717) is 22.4 Å². The number of amides is 1. The van der Waals surface area contributed by atoms with Crippen LogP contribution in [0.15, 0.2) is 28.7 Å². The predicted molar refractivity (Wildman–Crippen MR) is 89.3 cm³/mol. The Morgan fingerprint density at radius 2 is 2.00 bits per heavy atom. The normalized spacial score (nSPS) is 16.6. The Bertz CT molecular complexity index is 748. The third kappa shape index (κ3) is 3.80. The monoisotopic (exact) mass is 352 g/mol. The second-order valence-electron chi connectivity index (χ2n) is 5.62. The first kappa shape index (κ1) is 16.2. The molecule has 1 aliphatic rings. The van der Waals surface area contributed by atoms with Gasteiger partial charge in [-0.1, -0.05) is 11.6 Å². The minimum absolute atomic E-state index is 0.0267. The van der Waals surface area contributed by atoms with Crippen molar-refractivity contribution >= 4 is 29.7 Å². The molecule has 122 valence electrons. The van der Waals surface area contributed by atoms with Gasteiger partial charge in [0.15, 0.2) is 0 Å². The molecule has 0 spiro atoms. The molecule has 0 atom stereocenters. The molecular formula is C15H17ClN4O2S. The largest absolute Gasteiger partial charge is 0.409 e. The van der Waals surface area contributed by atoms with Crippen molar-refractivity contribution in [2.75, 3.05) is 13.1 Å². The lowest BCUT2D eigenvalue weighted by molar-refractivity contribution is -0.123. The van der Waals surface area contributed by atoms with E-state index in [1.54, 1.807) is 16.8 Å². The molecule has 6 nitrogen and oxygen atoms in total. The molecule has 1 aromatic carbocycles. The number of likely N-dealkylation sites (tertiary alicyclic amines) is 1. The minimum atomic E-state index is -0.215. The van der Waals surface area contributed by atoms with Crippen LogP contribution >= 0.6 is 23.8 Å². The highest BCUT2D eigenvalue weighted by Crippen LogP contribution is 2.21. The van der Waals surface area contributed by atoms with Crippen molar-refractivity contribution in [1.29, 1.82) is 0 Å². The molecule has 0 unspecified atom stereocenters. The predicted octanol–water partition coefficient (Wildman–Crippen LogP) is 2.68. The third-order valence-corrected chi connectivity index (χ3v) is 4.57. The second kappa shape index (κ2) is 6.82. The van der Waals surface area contributed by atoms with E-state index in [9.17, 15) is 4.79 Å². The van der Waals surface area contributed by atoms with Gasteiger partial charge in [-0.3, -0.25) is 9.69 Å². The molecule has 1 saturated heterocycles. The van der Waals surface area contributed by atoms with Crippen LogP contribution in [0.1, 0.15) is 12.8 Å². The van der Waals surface area contributed by atoms with E-state index in [-0.39, 0.29) is 11.8 Å². The average molecular weight is 353 g/mol. The highest BCUT2D eigenvalue weighted by Gasteiger charge is 2.23. The maximum atomic E-state index is 11.2. The Balaban J connectivity index is 1.69. The number of nitrogens with two attached hydrogens (primary N) is 1. The Morgan fingerprint density at radius 1 is 1.35 bits per heavy atom. The van der Waals surface area contributed by atoms with Gasteiger partial charge in [0.1, 0.15) is 0 Å². The lowest BCUT2D eigenvalue weighted by Gasteiger charge is -2.29. The molecule has 8 heteroatoms. The summed E-state index contributed by atoms with van der Waals surface area (Å²) < 4.78 is 7.22. The van der Waals surface area contributed by atoms with Gasteiger partial charge in [0.05, 0.1) is 6.67 Å². The topological polar surface area (TPSA) is 77.3 Å². The number of carbonyl (C=O) groups excluding carboxylic acids is 1. The Kier molecular flexibility index (Phi) is 4.79. The summed E-state index contributed by atoms with van der Waals surface area (Å²) in [5.74, 6) is 0.229. The number of carbonyl (C=O) groups is 1. The van der Waals surface area contributed by atoms with Crippen LogP contribution in [0.3, 0.4) is 0 Å². The molecule has 23 heavy (non-hydrogen) atoms. The van der Waals surface area contributed by atoms with Crippen molar-refractivity contribution in [3.8, 4) is 11.5 Å². The Labute approximate surface area is 143 Å². The maximum Gasteiger partial charge on any atom is 0.288 e. The van der Waals surface area contributed by atoms with Gasteiger partial charge in [-0.05, 0) is 49.3 Å². The van der Waals surface area contributed by atoms with Crippen LogP contribution in [-0.2, 0) is 11.5 Å². The van der Waals surface area contributed by atoms with Crippen molar-refractivity contribution in [3.05, 3.63) is 34.1 Å². The standard InChI is InChI=1S/C15H17ClN4O2S/c16-12-3-1-11(2-4-12)14-18-20(15(23)22-14)9-19-7-5-10(6-8-19)13(17)21/h1-4,10H,5-9H2,(H2,17,21). The van der Waals surface area contributed by atoms with Crippen molar-refractivity contribution in [2.24, 2.45) is 11.7 Å². The lowest BCUT2D eigenvalue weighted by Crippen LogP contribution is -2.39. The molecule has 1 aromatic heterocycles. The fourth-order valence-corrected chi connectivity index (χ4v) is 2.96. The molecule has 0 aliphatic carbocycles. The SMILES string of the molecule is NC(=O)C1CCN(Cn2nc(-c3ccc(Cl)cc3)oc2=S)CC1. The zero-order chi connectivity index (χ0) is 16.4.